The zero-order chi connectivity index (χ0) is 20.9. The standard InChI is InChI=1S/C17H17N2O4S.C3H5O.Y/c1-2-24(22,23)19-15-9-4-3-6-12(15)10-11-13-7-5-8-14(16(13)19)17(20)18-21;1-3(2)4;/h3-9,21H,1-2,10-11H2,(H,18,20);1H2,2H3;/q2*-1;. The first kappa shape index (κ1) is 25.3. The van der Waals surface area contributed by atoms with Gasteiger partial charge >= 0.3 is 0 Å². The summed E-state index contributed by atoms with van der Waals surface area (Å²) in [4.78, 5) is 21.4. The fourth-order valence-corrected chi connectivity index (χ4v) is 4.12. The first-order valence-electron chi connectivity index (χ1n) is 8.52. The first-order valence-corrected chi connectivity index (χ1v) is 10.1. The zero-order valence-electron chi connectivity index (χ0n) is 16.1. The molecule has 1 heterocycles. The number of nitrogens with zero attached hydrogens (tertiary/aromatic N) is 1. The van der Waals surface area contributed by atoms with Crippen molar-refractivity contribution in [1.29, 1.82) is 0 Å². The molecule has 7 nitrogen and oxygen atoms in total. The molecule has 0 spiro atoms. The Labute approximate surface area is 196 Å². The van der Waals surface area contributed by atoms with Crippen LogP contribution in [0.3, 0.4) is 0 Å². The Morgan fingerprint density at radius 1 is 1.10 bits per heavy atom. The molecular formula is C20H22N2O5SY-2. The maximum atomic E-state index is 12.8. The van der Waals surface area contributed by atoms with E-state index >= 15 is 0 Å². The first-order chi connectivity index (χ1) is 13.2. The van der Waals surface area contributed by atoms with E-state index in [2.05, 4.69) is 13.8 Å². The van der Waals surface area contributed by atoms with Crippen LogP contribution < -0.4 is 9.79 Å². The van der Waals surface area contributed by atoms with Crippen molar-refractivity contribution in [2.75, 3.05) is 10.1 Å². The number of hydroxylamine groups is 1. The average molecular weight is 491 g/mol. The van der Waals surface area contributed by atoms with E-state index in [-0.39, 0.29) is 55.5 Å². The molecule has 0 aromatic heterocycles. The van der Waals surface area contributed by atoms with E-state index in [0.717, 1.165) is 11.1 Å². The number of sulfonamides is 1. The molecule has 0 saturated heterocycles. The molecule has 0 bridgehead atoms. The van der Waals surface area contributed by atoms with Crippen molar-refractivity contribution < 1.29 is 55.9 Å². The number of anilines is 2. The van der Waals surface area contributed by atoms with Gasteiger partial charge in [0.1, 0.15) is 0 Å². The van der Waals surface area contributed by atoms with Crippen LogP contribution in [-0.4, -0.2) is 31.1 Å². The van der Waals surface area contributed by atoms with Gasteiger partial charge < -0.3 is 18.6 Å². The summed E-state index contributed by atoms with van der Waals surface area (Å²) in [6.07, 6.45) is 1.23. The molecule has 0 atom stereocenters. The number of rotatable bonds is 3. The van der Waals surface area contributed by atoms with Gasteiger partial charge in [-0.25, -0.2) is 18.2 Å². The van der Waals surface area contributed by atoms with Gasteiger partial charge in [0.2, 0.25) is 10.0 Å². The topological polar surface area (TPSA) is 104 Å². The Morgan fingerprint density at radius 3 is 2.24 bits per heavy atom. The fraction of sp³-hybridized carbons (Fsp3) is 0.200. The van der Waals surface area contributed by atoms with Gasteiger partial charge in [-0.15, -0.1) is 0 Å². The van der Waals surface area contributed by atoms with E-state index in [1.807, 2.05) is 12.1 Å². The van der Waals surface area contributed by atoms with Gasteiger partial charge in [0.05, 0.1) is 16.9 Å². The van der Waals surface area contributed by atoms with Crippen molar-refractivity contribution in [3.05, 3.63) is 73.0 Å². The molecule has 9 heteroatoms. The Hall–Kier alpha value is -1.74. The van der Waals surface area contributed by atoms with Crippen LogP contribution in [0.15, 0.2) is 42.5 Å². The number of nitrogens with one attached hydrogen (secondary N) is 1. The molecular weight excluding hydrogens is 469 g/mol. The summed E-state index contributed by atoms with van der Waals surface area (Å²) in [5.41, 5.74) is 4.08. The molecule has 3 rings (SSSR count). The van der Waals surface area contributed by atoms with Gasteiger partial charge in [0.15, 0.2) is 0 Å². The quantitative estimate of drug-likeness (QED) is 0.391. The van der Waals surface area contributed by atoms with Gasteiger partial charge in [0.25, 0.3) is 5.91 Å². The van der Waals surface area contributed by atoms with Gasteiger partial charge in [0, 0.05) is 32.7 Å². The van der Waals surface area contributed by atoms with Crippen molar-refractivity contribution in [3.63, 3.8) is 0 Å². The van der Waals surface area contributed by atoms with E-state index in [9.17, 15) is 18.0 Å². The minimum atomic E-state index is -3.78. The number of fused-ring (bicyclic) bond motifs is 2. The van der Waals surface area contributed by atoms with Crippen LogP contribution in [0.5, 0.6) is 0 Å². The summed E-state index contributed by atoms with van der Waals surface area (Å²) in [6, 6.07) is 12.2. The number of hydrogen-bond donors (Lipinski definition) is 2. The molecule has 29 heavy (non-hydrogen) atoms. The van der Waals surface area contributed by atoms with Gasteiger partial charge in [-0.3, -0.25) is 10.0 Å². The molecule has 0 fully saturated rings. The second-order valence-electron chi connectivity index (χ2n) is 6.17. The zero-order valence-corrected chi connectivity index (χ0v) is 19.7. The molecule has 2 aromatic carbocycles. The second-order valence-corrected chi connectivity index (χ2v) is 8.10. The number of Topliss-reactive ketones (excluding diaryl/α,β-unsaturated/α-hetero) is 1. The van der Waals surface area contributed by atoms with E-state index in [0.29, 0.717) is 18.5 Å². The van der Waals surface area contributed by atoms with Crippen LogP contribution in [0.25, 0.3) is 0 Å². The molecule has 2 aromatic rings. The minimum absolute atomic E-state index is 0. The molecule has 153 valence electrons. The molecule has 1 aliphatic heterocycles. The van der Waals surface area contributed by atoms with Crippen LogP contribution in [0.2, 0.25) is 0 Å². The number of carbonyl (C=O) groups is 2. The van der Waals surface area contributed by atoms with E-state index < -0.39 is 15.9 Å². The summed E-state index contributed by atoms with van der Waals surface area (Å²) in [5, 5.41) is 9.02. The summed E-state index contributed by atoms with van der Waals surface area (Å²) in [7, 11) is -3.78. The van der Waals surface area contributed by atoms with E-state index in [1.165, 1.54) is 17.3 Å². The fourth-order valence-electron chi connectivity index (χ4n) is 2.97. The minimum Gasteiger partial charge on any atom is -0.340 e. The monoisotopic (exact) mass is 491 g/mol. The van der Waals surface area contributed by atoms with Gasteiger partial charge in [-0.05, 0) is 48.8 Å². The molecule has 1 amide bonds. The van der Waals surface area contributed by atoms with Crippen molar-refractivity contribution in [2.45, 2.75) is 19.8 Å². The number of aryl methyl sites for hydroxylation is 2. The summed E-state index contributed by atoms with van der Waals surface area (Å²) in [5.74, 6) is -1.19. The molecule has 1 aliphatic rings. The van der Waals surface area contributed by atoms with Crippen molar-refractivity contribution in [3.8, 4) is 0 Å². The summed E-state index contributed by atoms with van der Waals surface area (Å²) < 4.78 is 26.7. The van der Waals surface area contributed by atoms with Crippen molar-refractivity contribution >= 4 is 33.1 Å². The van der Waals surface area contributed by atoms with E-state index in [1.54, 1.807) is 29.7 Å². The largest absolute Gasteiger partial charge is 0.340 e. The summed E-state index contributed by atoms with van der Waals surface area (Å²) >= 11 is 0. The molecule has 0 saturated carbocycles. The SMILES string of the molecule is [CH2-]C(C)=O.[CH2-]CS(=O)(=O)N1c2ccccc2CCc2cccc(C(=O)NO)c21.[Y]. The maximum Gasteiger partial charge on any atom is 0.276 e. The predicted octanol–water partition coefficient (Wildman–Crippen LogP) is 2.61. The van der Waals surface area contributed by atoms with Gasteiger partial charge in [-0.1, -0.05) is 36.1 Å². The normalized spacial score (nSPS) is 12.2. The third-order valence-corrected chi connectivity index (χ3v) is 5.53. The van der Waals surface area contributed by atoms with Crippen LogP contribution >= 0.6 is 0 Å². The smallest absolute Gasteiger partial charge is 0.276 e. The molecule has 0 aliphatic carbocycles. The van der Waals surface area contributed by atoms with Crippen LogP contribution in [0.4, 0.5) is 11.4 Å². The second kappa shape index (κ2) is 10.9. The van der Waals surface area contributed by atoms with Crippen LogP contribution in [0, 0.1) is 13.8 Å². The van der Waals surface area contributed by atoms with Crippen molar-refractivity contribution in [1.82, 2.24) is 5.48 Å². The Bertz CT molecular complexity index is 988. The third kappa shape index (κ3) is 5.88. The Kier molecular flexibility index (Phi) is 9.49. The number of carbonyl (C=O) groups excluding carboxylic acids is 2. The maximum absolute atomic E-state index is 12.8. The number of hydrogen-bond acceptors (Lipinski definition) is 5. The Morgan fingerprint density at radius 2 is 1.66 bits per heavy atom. The number of amides is 1. The van der Waals surface area contributed by atoms with Gasteiger partial charge in [-0.2, -0.15) is 0 Å². The predicted molar refractivity (Wildman–Crippen MR) is 107 cm³/mol. The van der Waals surface area contributed by atoms with Crippen molar-refractivity contribution in [2.24, 2.45) is 0 Å². The number of ketones is 1. The van der Waals surface area contributed by atoms with Crippen LogP contribution in [0.1, 0.15) is 28.4 Å². The van der Waals surface area contributed by atoms with Crippen LogP contribution in [-0.2, 0) is 60.4 Å². The summed E-state index contributed by atoms with van der Waals surface area (Å²) in [6.45, 7) is 7.94. The molecule has 2 N–H and O–H groups in total. The van der Waals surface area contributed by atoms with E-state index in [4.69, 9.17) is 5.21 Å². The average Bonchev–Trinajstić information content (AvgIpc) is 2.84. The molecule has 0 unspecified atom stereocenters. The molecule has 1 radical (unpaired) electrons. The third-order valence-electron chi connectivity index (χ3n) is 4.08. The number of benzene rings is 2. The number of para-hydroxylation sites is 2. The Balaban J connectivity index is 0.000000771.